The van der Waals surface area contributed by atoms with Crippen LogP contribution in [0.2, 0.25) is 0 Å². The van der Waals surface area contributed by atoms with Gasteiger partial charge < -0.3 is 20.0 Å². The predicted octanol–water partition coefficient (Wildman–Crippen LogP) is 3.59. The molecule has 32 heavy (non-hydrogen) atoms. The summed E-state index contributed by atoms with van der Waals surface area (Å²) in [6.07, 6.45) is 4.11. The molecule has 0 saturated carbocycles. The summed E-state index contributed by atoms with van der Waals surface area (Å²) in [4.78, 5) is 33.8. The smallest absolute Gasteiger partial charge is 0.282 e. The lowest BCUT2D eigenvalue weighted by atomic mass is 10.1. The van der Waals surface area contributed by atoms with Crippen LogP contribution in [0.25, 0.3) is 21.9 Å². The van der Waals surface area contributed by atoms with Gasteiger partial charge in [0.25, 0.3) is 11.5 Å². The first-order chi connectivity index (χ1) is 15.5. The second-order valence-electron chi connectivity index (χ2n) is 8.21. The number of unbranched alkanes of at least 4 members (excludes halogenated alkanes) is 2. The van der Waals surface area contributed by atoms with Crippen LogP contribution in [0.1, 0.15) is 46.4 Å². The number of H-pyrrole nitrogens is 1. The van der Waals surface area contributed by atoms with E-state index in [1.165, 1.54) is 0 Å². The first-order valence-electron chi connectivity index (χ1n) is 10.9. The van der Waals surface area contributed by atoms with E-state index in [-0.39, 0.29) is 17.9 Å². The molecule has 0 radical (unpaired) electrons. The predicted molar refractivity (Wildman–Crippen MR) is 126 cm³/mol. The van der Waals surface area contributed by atoms with E-state index in [2.05, 4.69) is 15.3 Å². The molecule has 4 aromatic rings. The molecule has 166 valence electrons. The highest BCUT2D eigenvalue weighted by Crippen LogP contribution is 2.18. The molecule has 7 nitrogen and oxygen atoms in total. The SMILES string of the molecule is Cc1cc2nc(C(=O)NCc3ccc4cc[nH]c4c3)c(=O)n(CCCCCO)c2cc1C. The molecule has 0 aliphatic heterocycles. The zero-order valence-corrected chi connectivity index (χ0v) is 18.4. The second-order valence-corrected chi connectivity index (χ2v) is 8.21. The Balaban J connectivity index is 1.63. The van der Waals surface area contributed by atoms with E-state index in [1.54, 1.807) is 4.57 Å². The van der Waals surface area contributed by atoms with Crippen LogP contribution >= 0.6 is 0 Å². The van der Waals surface area contributed by atoms with Crippen molar-refractivity contribution < 1.29 is 9.90 Å². The Morgan fingerprint density at radius 2 is 1.91 bits per heavy atom. The number of aryl methyl sites for hydroxylation is 3. The lowest BCUT2D eigenvalue weighted by Crippen LogP contribution is -2.34. The molecule has 3 N–H and O–H groups in total. The van der Waals surface area contributed by atoms with E-state index in [0.717, 1.165) is 46.0 Å². The highest BCUT2D eigenvalue weighted by Gasteiger charge is 2.18. The van der Waals surface area contributed by atoms with Gasteiger partial charge in [-0.3, -0.25) is 9.59 Å². The fraction of sp³-hybridized carbons (Fsp3) is 0.320. The highest BCUT2D eigenvalue weighted by molar-refractivity contribution is 5.94. The number of amides is 1. The Bertz CT molecular complexity index is 1340. The monoisotopic (exact) mass is 432 g/mol. The van der Waals surface area contributed by atoms with Gasteiger partial charge in [0.15, 0.2) is 5.69 Å². The lowest BCUT2D eigenvalue weighted by Gasteiger charge is -2.14. The van der Waals surface area contributed by atoms with Crippen LogP contribution in [0.5, 0.6) is 0 Å². The van der Waals surface area contributed by atoms with Gasteiger partial charge in [0.2, 0.25) is 0 Å². The van der Waals surface area contributed by atoms with Crippen molar-refractivity contribution in [3.8, 4) is 0 Å². The maximum atomic E-state index is 13.2. The number of aliphatic hydroxyl groups is 1. The van der Waals surface area contributed by atoms with E-state index in [4.69, 9.17) is 5.11 Å². The van der Waals surface area contributed by atoms with Crippen molar-refractivity contribution in [1.29, 1.82) is 0 Å². The fourth-order valence-electron chi connectivity index (χ4n) is 3.90. The summed E-state index contributed by atoms with van der Waals surface area (Å²) in [5, 5.41) is 13.0. The minimum absolute atomic E-state index is 0.0936. The standard InChI is InChI=1S/C25H28N4O3/c1-16-12-21-22(13-17(16)2)29(10-4-3-5-11-30)25(32)23(28-21)24(31)27-15-18-6-7-19-8-9-26-20(19)14-18/h6-9,12-14,26,30H,3-5,10-11,15H2,1-2H3,(H,27,31). The third-order valence-corrected chi connectivity index (χ3v) is 5.89. The van der Waals surface area contributed by atoms with Crippen LogP contribution < -0.4 is 10.9 Å². The molecule has 2 aromatic carbocycles. The lowest BCUT2D eigenvalue weighted by molar-refractivity contribution is 0.0944. The minimum Gasteiger partial charge on any atom is -0.396 e. The van der Waals surface area contributed by atoms with Crippen LogP contribution in [0.4, 0.5) is 0 Å². The van der Waals surface area contributed by atoms with E-state index < -0.39 is 5.91 Å². The van der Waals surface area contributed by atoms with E-state index >= 15 is 0 Å². The van der Waals surface area contributed by atoms with Gasteiger partial charge in [-0.15, -0.1) is 0 Å². The Kier molecular flexibility index (Phi) is 6.37. The average molecular weight is 433 g/mol. The maximum Gasteiger partial charge on any atom is 0.282 e. The molecular formula is C25H28N4O3. The summed E-state index contributed by atoms with van der Waals surface area (Å²) < 4.78 is 1.64. The van der Waals surface area contributed by atoms with Gasteiger partial charge >= 0.3 is 0 Å². The molecule has 0 bridgehead atoms. The first-order valence-corrected chi connectivity index (χ1v) is 10.9. The maximum absolute atomic E-state index is 13.2. The summed E-state index contributed by atoms with van der Waals surface area (Å²) in [6.45, 7) is 4.90. The second kappa shape index (κ2) is 9.36. The van der Waals surface area contributed by atoms with Crippen molar-refractivity contribution in [2.24, 2.45) is 0 Å². The van der Waals surface area contributed by atoms with Crippen LogP contribution in [-0.2, 0) is 13.1 Å². The topological polar surface area (TPSA) is 100 Å². The number of nitrogens with one attached hydrogen (secondary N) is 2. The van der Waals surface area contributed by atoms with Crippen molar-refractivity contribution in [3.63, 3.8) is 0 Å². The third kappa shape index (κ3) is 4.43. The van der Waals surface area contributed by atoms with Crippen LogP contribution in [0, 0.1) is 13.8 Å². The summed E-state index contributed by atoms with van der Waals surface area (Å²) in [5.41, 5.74) is 4.94. The Morgan fingerprint density at radius 3 is 2.72 bits per heavy atom. The van der Waals surface area contributed by atoms with Crippen LogP contribution in [0.15, 0.2) is 47.4 Å². The van der Waals surface area contributed by atoms with Gasteiger partial charge in [-0.2, -0.15) is 0 Å². The van der Waals surface area contributed by atoms with Gasteiger partial charge in [-0.05, 0) is 79.5 Å². The molecule has 2 aromatic heterocycles. The van der Waals surface area contributed by atoms with Crippen molar-refractivity contribution in [1.82, 2.24) is 19.9 Å². The largest absolute Gasteiger partial charge is 0.396 e. The summed E-state index contributed by atoms with van der Waals surface area (Å²) >= 11 is 0. The Morgan fingerprint density at radius 1 is 1.09 bits per heavy atom. The number of rotatable bonds is 8. The minimum atomic E-state index is -0.481. The number of nitrogens with zero attached hydrogens (tertiary/aromatic N) is 2. The Hall–Kier alpha value is -3.45. The van der Waals surface area contributed by atoms with Crippen molar-refractivity contribution in [2.45, 2.75) is 46.2 Å². The average Bonchev–Trinajstić information content (AvgIpc) is 3.25. The van der Waals surface area contributed by atoms with Crippen molar-refractivity contribution >= 4 is 27.8 Å². The van der Waals surface area contributed by atoms with Gasteiger partial charge in [-0.1, -0.05) is 12.1 Å². The molecule has 1 amide bonds. The zero-order chi connectivity index (χ0) is 22.7. The first kappa shape index (κ1) is 21.8. The van der Waals surface area contributed by atoms with Crippen molar-refractivity contribution in [2.75, 3.05) is 6.61 Å². The Labute approximate surface area is 186 Å². The summed E-state index contributed by atoms with van der Waals surface area (Å²) in [5.74, 6) is -0.481. The fourth-order valence-corrected chi connectivity index (χ4v) is 3.90. The molecule has 4 rings (SSSR count). The van der Waals surface area contributed by atoms with E-state index in [1.807, 2.05) is 56.4 Å². The molecule has 0 spiro atoms. The number of hydrogen-bond donors (Lipinski definition) is 3. The summed E-state index contributed by atoms with van der Waals surface area (Å²) in [7, 11) is 0. The summed E-state index contributed by atoms with van der Waals surface area (Å²) in [6, 6.07) is 11.8. The molecule has 0 aliphatic carbocycles. The number of fused-ring (bicyclic) bond motifs is 2. The number of carbonyl (C=O) groups excluding carboxylic acids is 1. The molecular weight excluding hydrogens is 404 g/mol. The quantitative estimate of drug-likeness (QED) is 0.371. The number of carbonyl (C=O) groups is 1. The van der Waals surface area contributed by atoms with Crippen LogP contribution in [-0.4, -0.2) is 32.2 Å². The van der Waals surface area contributed by atoms with Gasteiger partial charge in [0.1, 0.15) is 0 Å². The molecule has 7 heteroatoms. The third-order valence-electron chi connectivity index (χ3n) is 5.89. The molecule has 0 saturated heterocycles. The molecule has 2 heterocycles. The zero-order valence-electron chi connectivity index (χ0n) is 18.4. The normalized spacial score (nSPS) is 11.3. The molecule has 0 unspecified atom stereocenters. The number of aromatic amines is 1. The van der Waals surface area contributed by atoms with Crippen molar-refractivity contribution in [3.05, 3.63) is 75.3 Å². The van der Waals surface area contributed by atoms with Gasteiger partial charge in [-0.25, -0.2) is 4.98 Å². The van der Waals surface area contributed by atoms with E-state index in [0.29, 0.717) is 25.0 Å². The van der Waals surface area contributed by atoms with Gasteiger partial charge in [0, 0.05) is 31.4 Å². The number of aliphatic hydroxyl groups excluding tert-OH is 1. The highest BCUT2D eigenvalue weighted by atomic mass is 16.3. The number of benzene rings is 2. The van der Waals surface area contributed by atoms with E-state index in [9.17, 15) is 9.59 Å². The molecule has 0 atom stereocenters. The number of hydrogen-bond acceptors (Lipinski definition) is 4. The molecule has 0 fully saturated rings. The van der Waals surface area contributed by atoms with Gasteiger partial charge in [0.05, 0.1) is 11.0 Å². The van der Waals surface area contributed by atoms with Crippen LogP contribution in [0.3, 0.4) is 0 Å². The molecule has 0 aliphatic rings. The number of aromatic nitrogens is 3.